The second kappa shape index (κ2) is 16.1. The van der Waals surface area contributed by atoms with Crippen molar-refractivity contribution in [2.45, 2.75) is 52.4 Å². The molecule has 2 aliphatic carbocycles. The zero-order valence-electron chi connectivity index (χ0n) is 41.0. The second-order valence-corrected chi connectivity index (χ2v) is 20.4. The van der Waals surface area contributed by atoms with Gasteiger partial charge in [-0.2, -0.15) is 0 Å². The normalized spacial score (nSPS) is 15.3. The number of para-hydroxylation sites is 2. The number of rotatable bonds is 7. The van der Waals surface area contributed by atoms with Gasteiger partial charge in [0.05, 0.1) is 5.41 Å². The van der Waals surface area contributed by atoms with Crippen LogP contribution in [0.15, 0.2) is 212 Å². The Balaban J connectivity index is 0.941. The first-order valence-electron chi connectivity index (χ1n) is 24.8. The van der Waals surface area contributed by atoms with Crippen molar-refractivity contribution >= 4 is 17.1 Å². The van der Waals surface area contributed by atoms with Gasteiger partial charge in [-0.3, -0.25) is 0 Å². The summed E-state index contributed by atoms with van der Waals surface area (Å²) in [7, 11) is 0. The van der Waals surface area contributed by atoms with Gasteiger partial charge in [0.15, 0.2) is 23.0 Å². The predicted octanol–water partition coefficient (Wildman–Crippen LogP) is 18.3. The molecular weight excluding hydrogens is 863 g/mol. The number of hydrogen-bond acceptors (Lipinski definition) is 3. The molecule has 0 bridgehead atoms. The largest absolute Gasteiger partial charge is 0.449 e. The number of ether oxygens (including phenoxy) is 2. The third kappa shape index (κ3) is 6.71. The van der Waals surface area contributed by atoms with Crippen molar-refractivity contribution < 1.29 is 9.47 Å². The molecule has 0 saturated heterocycles. The van der Waals surface area contributed by atoms with Crippen LogP contribution in [0.5, 0.6) is 23.0 Å². The lowest BCUT2D eigenvalue weighted by Gasteiger charge is -2.35. The number of benzene rings is 10. The summed E-state index contributed by atoms with van der Waals surface area (Å²) in [5, 5.41) is 0. The molecule has 1 atom stereocenters. The summed E-state index contributed by atoms with van der Waals surface area (Å²) in [4.78, 5) is 2.42. The highest BCUT2D eigenvalue weighted by Crippen LogP contribution is 2.63. The number of nitrogens with zero attached hydrogens (tertiary/aromatic N) is 1. The van der Waals surface area contributed by atoms with E-state index in [9.17, 15) is 0 Å². The minimum atomic E-state index is -0.628. The smallest absolute Gasteiger partial charge is 0.178 e. The topological polar surface area (TPSA) is 21.7 Å². The lowest BCUT2D eigenvalue weighted by Crippen LogP contribution is -2.29. The molecule has 1 heterocycles. The number of fused-ring (bicyclic) bond motifs is 9. The van der Waals surface area contributed by atoms with Crippen LogP contribution in [0.4, 0.5) is 17.1 Å². The van der Waals surface area contributed by atoms with E-state index in [1.165, 1.54) is 89.0 Å². The molecule has 0 aromatic heterocycles. The molecule has 0 N–H and O–H groups in total. The Bertz CT molecular complexity index is 3640. The van der Waals surface area contributed by atoms with Crippen LogP contribution in [0.1, 0.15) is 69.5 Å². The molecule has 10 aromatic carbocycles. The third-order valence-electron chi connectivity index (χ3n) is 15.3. The van der Waals surface area contributed by atoms with Gasteiger partial charge in [0, 0.05) is 28.0 Å². The minimum absolute atomic E-state index is 0.322. The van der Waals surface area contributed by atoms with Gasteiger partial charge in [0.1, 0.15) is 0 Å². The van der Waals surface area contributed by atoms with Crippen LogP contribution >= 0.6 is 0 Å². The summed E-state index contributed by atoms with van der Waals surface area (Å²) < 4.78 is 13.4. The van der Waals surface area contributed by atoms with Crippen molar-refractivity contribution in [2.75, 3.05) is 4.90 Å². The van der Waals surface area contributed by atoms with E-state index in [1.807, 2.05) is 24.3 Å². The molecule has 342 valence electrons. The second-order valence-electron chi connectivity index (χ2n) is 20.4. The first-order chi connectivity index (χ1) is 34.5. The molecule has 3 nitrogen and oxygen atoms in total. The molecule has 3 heteroatoms. The van der Waals surface area contributed by atoms with Gasteiger partial charge in [0.2, 0.25) is 0 Å². The van der Waals surface area contributed by atoms with Crippen LogP contribution in [0.3, 0.4) is 0 Å². The van der Waals surface area contributed by atoms with E-state index in [0.29, 0.717) is 0 Å². The average Bonchev–Trinajstić information content (AvgIpc) is 3.81. The molecule has 0 amide bonds. The van der Waals surface area contributed by atoms with E-state index < -0.39 is 5.41 Å². The van der Waals surface area contributed by atoms with E-state index in [0.717, 1.165) is 51.2 Å². The molecule has 3 aliphatic rings. The fourth-order valence-electron chi connectivity index (χ4n) is 12.3. The van der Waals surface area contributed by atoms with Gasteiger partial charge < -0.3 is 14.4 Å². The first-order valence-corrected chi connectivity index (χ1v) is 24.8. The SMILES string of the molecule is Cc1cc(C)cc(-c2ccc(N(c3ccc(-c4cc(C)cc(C)c4)cc3)c3ccc4c(c3)C(C)(C)c3cc(C5(c6ccccc6)c6ccccc6-c6c5ccc5c6Oc6ccccc6O5)ccc3-4)cc2)c1. The monoisotopic (exact) mass is 915 g/mol. The summed E-state index contributed by atoms with van der Waals surface area (Å²) in [5.74, 6) is 2.94. The van der Waals surface area contributed by atoms with E-state index >= 15 is 0 Å². The van der Waals surface area contributed by atoms with Gasteiger partial charge in [0.25, 0.3) is 0 Å². The molecule has 13 rings (SSSR count). The molecular formula is C68H53NO2. The van der Waals surface area contributed by atoms with Gasteiger partial charge >= 0.3 is 0 Å². The van der Waals surface area contributed by atoms with Gasteiger partial charge in [-0.05, 0) is 155 Å². The Morgan fingerprint density at radius 3 is 1.48 bits per heavy atom. The van der Waals surface area contributed by atoms with Crippen molar-refractivity contribution in [2.24, 2.45) is 0 Å². The van der Waals surface area contributed by atoms with E-state index in [1.54, 1.807) is 0 Å². The summed E-state index contributed by atoms with van der Waals surface area (Å²) in [5.41, 5.74) is 24.6. The Hall–Kier alpha value is -8.40. The number of anilines is 3. The highest BCUT2D eigenvalue weighted by molar-refractivity contribution is 5.93. The summed E-state index contributed by atoms with van der Waals surface area (Å²) in [6, 6.07) is 78.3. The van der Waals surface area contributed by atoms with Crippen LogP contribution in [0.2, 0.25) is 0 Å². The van der Waals surface area contributed by atoms with E-state index in [-0.39, 0.29) is 5.41 Å². The maximum Gasteiger partial charge on any atom is 0.178 e. The van der Waals surface area contributed by atoms with Crippen molar-refractivity contribution in [3.63, 3.8) is 0 Å². The number of hydrogen-bond donors (Lipinski definition) is 0. The van der Waals surface area contributed by atoms with Gasteiger partial charge in [-0.15, -0.1) is 0 Å². The zero-order chi connectivity index (χ0) is 48.2. The van der Waals surface area contributed by atoms with Crippen molar-refractivity contribution in [1.29, 1.82) is 0 Å². The molecule has 0 spiro atoms. The highest BCUT2D eigenvalue weighted by atomic mass is 16.6. The van der Waals surface area contributed by atoms with Crippen LogP contribution < -0.4 is 14.4 Å². The summed E-state index contributed by atoms with van der Waals surface area (Å²) in [6.45, 7) is 13.5. The van der Waals surface area contributed by atoms with Crippen LogP contribution in [0, 0.1) is 27.7 Å². The Kier molecular flexibility index (Phi) is 9.67. The predicted molar refractivity (Wildman–Crippen MR) is 292 cm³/mol. The average molecular weight is 916 g/mol. The molecule has 1 aliphatic heterocycles. The van der Waals surface area contributed by atoms with Crippen molar-refractivity contribution in [1.82, 2.24) is 0 Å². The van der Waals surface area contributed by atoms with E-state index in [4.69, 9.17) is 9.47 Å². The quantitative estimate of drug-likeness (QED) is 0.159. The molecule has 0 saturated carbocycles. The summed E-state index contributed by atoms with van der Waals surface area (Å²) >= 11 is 0. The fraction of sp³-hybridized carbons (Fsp3) is 0.118. The maximum atomic E-state index is 6.83. The number of aryl methyl sites for hydroxylation is 4. The Morgan fingerprint density at radius 2 is 0.859 bits per heavy atom. The lowest BCUT2D eigenvalue weighted by atomic mass is 9.66. The molecule has 0 radical (unpaired) electrons. The fourth-order valence-corrected chi connectivity index (χ4v) is 12.3. The van der Waals surface area contributed by atoms with Crippen LogP contribution in [-0.2, 0) is 10.8 Å². The Morgan fingerprint density at radius 1 is 0.338 bits per heavy atom. The minimum Gasteiger partial charge on any atom is -0.449 e. The third-order valence-corrected chi connectivity index (χ3v) is 15.3. The molecule has 1 unspecified atom stereocenters. The van der Waals surface area contributed by atoms with Crippen LogP contribution in [-0.4, -0.2) is 0 Å². The summed E-state index contributed by atoms with van der Waals surface area (Å²) in [6.07, 6.45) is 0. The molecule has 10 aromatic rings. The Labute approximate surface area is 417 Å². The zero-order valence-corrected chi connectivity index (χ0v) is 41.0. The lowest BCUT2D eigenvalue weighted by molar-refractivity contribution is 0.360. The first kappa shape index (κ1) is 42.7. The van der Waals surface area contributed by atoms with Gasteiger partial charge in [-0.25, -0.2) is 0 Å². The molecule has 0 fully saturated rings. The van der Waals surface area contributed by atoms with Crippen molar-refractivity contribution in [3.05, 3.63) is 268 Å². The van der Waals surface area contributed by atoms with Gasteiger partial charge in [-0.1, -0.05) is 194 Å². The maximum absolute atomic E-state index is 6.83. The highest BCUT2D eigenvalue weighted by Gasteiger charge is 2.49. The van der Waals surface area contributed by atoms with E-state index in [2.05, 4.69) is 234 Å². The molecule has 71 heavy (non-hydrogen) atoms. The van der Waals surface area contributed by atoms with Crippen molar-refractivity contribution in [3.8, 4) is 67.5 Å². The standard InChI is InChI=1S/C68H53NO2/c1-42-34-43(2)37-48(36-42)46-20-25-52(26-21-46)69(53-27-22-47(23-28-53)49-38-44(3)35-45(4)39-49)54-29-31-56-55-30-24-51(40-60(55)67(5,6)61(56)41-54)68(50-14-8-7-9-15-50)58-17-11-10-16-57(58)65-59(68)32-33-64-66(65)71-63-19-13-12-18-62(63)70-64/h7-41H,1-6H3. The van der Waals surface area contributed by atoms with Crippen LogP contribution in [0.25, 0.3) is 44.5 Å².